The summed E-state index contributed by atoms with van der Waals surface area (Å²) < 4.78 is 5.07. The number of nitrogens with two attached hydrogens (primary N) is 1. The van der Waals surface area contributed by atoms with Crippen molar-refractivity contribution in [1.82, 2.24) is 4.90 Å². The van der Waals surface area contributed by atoms with E-state index in [1.54, 1.807) is 25.3 Å². The summed E-state index contributed by atoms with van der Waals surface area (Å²) in [5.41, 5.74) is 6.99. The van der Waals surface area contributed by atoms with Gasteiger partial charge in [-0.15, -0.1) is 0 Å². The molecule has 0 bridgehead atoms. The molecule has 1 aromatic carbocycles. The number of hydrogen-bond acceptors (Lipinski definition) is 4. The number of nitrogens with zero attached hydrogens (tertiary/aromatic N) is 1. The number of rotatable bonds is 3. The number of carbonyl (C=O) groups excluding carboxylic acids is 1. The third-order valence-electron chi connectivity index (χ3n) is 3.35. The van der Waals surface area contributed by atoms with E-state index in [0.29, 0.717) is 17.0 Å². The molecule has 0 aromatic heterocycles. The fourth-order valence-electron chi connectivity index (χ4n) is 2.31. The van der Waals surface area contributed by atoms with Crippen LogP contribution in [0.2, 0.25) is 0 Å². The number of Topliss-reactive ketones (excluding diaryl/α,β-unsaturated/α-hetero) is 1. The topological polar surface area (TPSA) is 55.6 Å². The highest BCUT2D eigenvalue weighted by molar-refractivity contribution is 6.04. The van der Waals surface area contributed by atoms with Gasteiger partial charge in [0.15, 0.2) is 5.78 Å². The van der Waals surface area contributed by atoms with Gasteiger partial charge in [-0.05, 0) is 38.6 Å². The van der Waals surface area contributed by atoms with Crippen LogP contribution in [0, 0.1) is 0 Å². The minimum atomic E-state index is -0.0225. The van der Waals surface area contributed by atoms with E-state index in [2.05, 4.69) is 4.90 Å². The maximum atomic E-state index is 12.3. The van der Waals surface area contributed by atoms with Crippen LogP contribution < -0.4 is 10.5 Å². The van der Waals surface area contributed by atoms with E-state index in [9.17, 15) is 4.79 Å². The lowest BCUT2D eigenvalue weighted by atomic mass is 10.0. The summed E-state index contributed by atoms with van der Waals surface area (Å²) in [7, 11) is 3.57. The van der Waals surface area contributed by atoms with Crippen molar-refractivity contribution in [3.05, 3.63) is 23.8 Å². The van der Waals surface area contributed by atoms with Crippen molar-refractivity contribution in [1.29, 1.82) is 0 Å². The first-order chi connectivity index (χ1) is 8.13. The summed E-state index contributed by atoms with van der Waals surface area (Å²) in [6.45, 7) is 0.979. The number of likely N-dealkylation sites (tertiary alicyclic amines) is 1. The van der Waals surface area contributed by atoms with E-state index < -0.39 is 0 Å². The summed E-state index contributed by atoms with van der Waals surface area (Å²) in [6.07, 6.45) is 1.99. The summed E-state index contributed by atoms with van der Waals surface area (Å²) in [5, 5.41) is 0. The highest BCUT2D eigenvalue weighted by Gasteiger charge is 2.29. The summed E-state index contributed by atoms with van der Waals surface area (Å²) in [6, 6.07) is 5.20. The number of ether oxygens (including phenoxy) is 1. The van der Waals surface area contributed by atoms with Crippen LogP contribution in [-0.2, 0) is 0 Å². The molecule has 1 aliphatic rings. The van der Waals surface area contributed by atoms with Gasteiger partial charge in [0.1, 0.15) is 5.75 Å². The smallest absolute Gasteiger partial charge is 0.182 e. The second-order valence-electron chi connectivity index (χ2n) is 4.46. The lowest BCUT2D eigenvalue weighted by molar-refractivity contribution is 0.0891. The number of anilines is 1. The highest BCUT2D eigenvalue weighted by atomic mass is 16.5. The molecule has 1 atom stereocenters. The zero-order valence-electron chi connectivity index (χ0n) is 10.3. The van der Waals surface area contributed by atoms with Crippen molar-refractivity contribution in [2.75, 3.05) is 26.4 Å². The largest absolute Gasteiger partial charge is 0.497 e. The minimum absolute atomic E-state index is 0.0225. The normalized spacial score (nSPS) is 20.5. The van der Waals surface area contributed by atoms with Crippen LogP contribution in [0.4, 0.5) is 5.69 Å². The molecule has 0 amide bonds. The molecule has 1 unspecified atom stereocenters. The molecule has 92 valence electrons. The van der Waals surface area contributed by atoms with Crippen LogP contribution in [0.1, 0.15) is 23.2 Å². The van der Waals surface area contributed by atoms with E-state index in [4.69, 9.17) is 10.5 Å². The number of nitrogen functional groups attached to an aromatic ring is 1. The van der Waals surface area contributed by atoms with Gasteiger partial charge < -0.3 is 10.5 Å². The standard InChI is InChI=1S/C13H18N2O2/c1-15-7-3-4-12(15)13(16)10-6-5-9(17-2)8-11(10)14/h5-6,8,12H,3-4,7,14H2,1-2H3. The Morgan fingerprint density at radius 3 is 2.82 bits per heavy atom. The molecule has 1 saturated heterocycles. The predicted molar refractivity (Wildman–Crippen MR) is 67.4 cm³/mol. The quantitative estimate of drug-likeness (QED) is 0.637. The second-order valence-corrected chi connectivity index (χ2v) is 4.46. The van der Waals surface area contributed by atoms with Crippen molar-refractivity contribution >= 4 is 11.5 Å². The molecule has 1 heterocycles. The molecule has 17 heavy (non-hydrogen) atoms. The van der Waals surface area contributed by atoms with Gasteiger partial charge in [0.25, 0.3) is 0 Å². The summed E-state index contributed by atoms with van der Waals surface area (Å²) in [5.74, 6) is 0.795. The van der Waals surface area contributed by atoms with Crippen LogP contribution in [0.3, 0.4) is 0 Å². The maximum absolute atomic E-state index is 12.3. The SMILES string of the molecule is COc1ccc(C(=O)C2CCCN2C)c(N)c1. The number of likely N-dealkylation sites (N-methyl/N-ethyl adjacent to an activating group) is 1. The predicted octanol–water partition coefficient (Wildman–Crippen LogP) is 1.55. The Hall–Kier alpha value is -1.55. The van der Waals surface area contributed by atoms with Gasteiger partial charge >= 0.3 is 0 Å². The zero-order valence-corrected chi connectivity index (χ0v) is 10.3. The van der Waals surface area contributed by atoms with E-state index in [-0.39, 0.29) is 11.8 Å². The highest BCUT2D eigenvalue weighted by Crippen LogP contribution is 2.25. The molecule has 0 radical (unpaired) electrons. The van der Waals surface area contributed by atoms with Crippen LogP contribution in [-0.4, -0.2) is 37.4 Å². The van der Waals surface area contributed by atoms with Crippen LogP contribution in [0.5, 0.6) is 5.75 Å². The Labute approximate surface area is 101 Å². The van der Waals surface area contributed by atoms with Gasteiger partial charge in [-0.3, -0.25) is 9.69 Å². The fraction of sp³-hybridized carbons (Fsp3) is 0.462. The third kappa shape index (κ3) is 2.26. The molecule has 0 spiro atoms. The van der Waals surface area contributed by atoms with Crippen molar-refractivity contribution in [3.8, 4) is 5.75 Å². The van der Waals surface area contributed by atoms with Gasteiger partial charge in [-0.25, -0.2) is 0 Å². The maximum Gasteiger partial charge on any atom is 0.182 e. The van der Waals surface area contributed by atoms with Gasteiger partial charge in [0.2, 0.25) is 0 Å². The van der Waals surface area contributed by atoms with Crippen LogP contribution in [0.15, 0.2) is 18.2 Å². The van der Waals surface area contributed by atoms with Gasteiger partial charge in [-0.2, -0.15) is 0 Å². The Morgan fingerprint density at radius 1 is 1.53 bits per heavy atom. The Balaban J connectivity index is 2.25. The van der Waals surface area contributed by atoms with Crippen LogP contribution in [0.25, 0.3) is 0 Å². The molecule has 1 aromatic rings. The van der Waals surface area contributed by atoms with Crippen molar-refractivity contribution < 1.29 is 9.53 Å². The van der Waals surface area contributed by atoms with Gasteiger partial charge in [-0.1, -0.05) is 0 Å². The summed E-state index contributed by atoms with van der Waals surface area (Å²) >= 11 is 0. The van der Waals surface area contributed by atoms with E-state index in [1.807, 2.05) is 7.05 Å². The minimum Gasteiger partial charge on any atom is -0.497 e. The van der Waals surface area contributed by atoms with Crippen molar-refractivity contribution in [2.45, 2.75) is 18.9 Å². The third-order valence-corrected chi connectivity index (χ3v) is 3.35. The molecule has 0 aliphatic carbocycles. The lowest BCUT2D eigenvalue weighted by Crippen LogP contribution is -2.33. The average molecular weight is 234 g/mol. The number of hydrogen-bond donors (Lipinski definition) is 1. The lowest BCUT2D eigenvalue weighted by Gasteiger charge is -2.19. The Morgan fingerprint density at radius 2 is 2.29 bits per heavy atom. The molecule has 1 aliphatic heterocycles. The molecule has 1 fully saturated rings. The Bertz CT molecular complexity index is 431. The fourth-order valence-corrected chi connectivity index (χ4v) is 2.31. The van der Waals surface area contributed by atoms with Crippen molar-refractivity contribution in [3.63, 3.8) is 0 Å². The molecule has 0 saturated carbocycles. The van der Waals surface area contributed by atoms with E-state index in [0.717, 1.165) is 19.4 Å². The van der Waals surface area contributed by atoms with E-state index >= 15 is 0 Å². The monoisotopic (exact) mass is 234 g/mol. The number of ketones is 1. The van der Waals surface area contributed by atoms with Crippen molar-refractivity contribution in [2.24, 2.45) is 0 Å². The first-order valence-electron chi connectivity index (χ1n) is 5.81. The molecule has 2 rings (SSSR count). The second kappa shape index (κ2) is 4.75. The summed E-state index contributed by atoms with van der Waals surface area (Å²) in [4.78, 5) is 14.4. The molecule has 2 N–H and O–H groups in total. The number of methoxy groups -OCH3 is 1. The van der Waals surface area contributed by atoms with E-state index in [1.165, 1.54) is 0 Å². The molecular weight excluding hydrogens is 216 g/mol. The van der Waals surface area contributed by atoms with Crippen LogP contribution >= 0.6 is 0 Å². The molecule has 4 nitrogen and oxygen atoms in total. The first kappa shape index (κ1) is 11.9. The van der Waals surface area contributed by atoms with Gasteiger partial charge in [0, 0.05) is 17.3 Å². The first-order valence-corrected chi connectivity index (χ1v) is 5.81. The average Bonchev–Trinajstić information content (AvgIpc) is 2.74. The van der Waals surface area contributed by atoms with Gasteiger partial charge in [0.05, 0.1) is 13.2 Å². The molecule has 4 heteroatoms. The number of carbonyl (C=O) groups is 1. The number of benzene rings is 1. The molecular formula is C13H18N2O2. The Kier molecular flexibility index (Phi) is 3.33. The zero-order chi connectivity index (χ0) is 12.4.